The molecule has 0 aliphatic rings. The van der Waals surface area contributed by atoms with E-state index in [1.165, 1.54) is 57.8 Å². The lowest BCUT2D eigenvalue weighted by molar-refractivity contribution is -0.116. The quantitative estimate of drug-likeness (QED) is 0.369. The predicted octanol–water partition coefficient (Wildman–Crippen LogP) is 4.99. The van der Waals surface area contributed by atoms with Gasteiger partial charge in [0.2, 0.25) is 5.91 Å². The average Bonchev–Trinajstić information content (AvgIpc) is 2.41. The Kier molecular flexibility index (Phi) is 14.6. The zero-order chi connectivity index (χ0) is 14.2. The normalized spacial score (nSPS) is 11.1. The van der Waals surface area contributed by atoms with Gasteiger partial charge in [0.1, 0.15) is 0 Å². The molecule has 112 valence electrons. The largest absolute Gasteiger partial charge is 0.353 e. The lowest BCUT2D eigenvalue weighted by Gasteiger charge is -2.01. The van der Waals surface area contributed by atoms with E-state index in [1.807, 2.05) is 6.08 Å². The predicted molar refractivity (Wildman–Crippen MR) is 84.3 cm³/mol. The van der Waals surface area contributed by atoms with Gasteiger partial charge in [-0.25, -0.2) is 0 Å². The van der Waals surface area contributed by atoms with Gasteiger partial charge in [-0.1, -0.05) is 71.3 Å². The first kappa shape index (κ1) is 18.2. The Hall–Kier alpha value is -0.790. The summed E-state index contributed by atoms with van der Waals surface area (Å²) in [6, 6.07) is 0. The molecule has 0 aliphatic heterocycles. The summed E-state index contributed by atoms with van der Waals surface area (Å²) >= 11 is 0. The van der Waals surface area contributed by atoms with E-state index in [-0.39, 0.29) is 5.91 Å². The highest BCUT2D eigenvalue weighted by molar-refractivity contribution is 5.87. The summed E-state index contributed by atoms with van der Waals surface area (Å²) in [5.74, 6) is 0.0717. The molecule has 0 aromatic rings. The van der Waals surface area contributed by atoms with Crippen LogP contribution in [0.1, 0.15) is 84.5 Å². The molecule has 0 radical (unpaired) electrons. The van der Waals surface area contributed by atoms with Crippen LogP contribution in [0.3, 0.4) is 0 Å². The van der Waals surface area contributed by atoms with Gasteiger partial charge in [0.25, 0.3) is 0 Å². The van der Waals surface area contributed by atoms with Crippen LogP contribution in [0, 0.1) is 0 Å². The summed E-state index contributed by atoms with van der Waals surface area (Å²) < 4.78 is 0. The Morgan fingerprint density at radius 3 is 2.11 bits per heavy atom. The number of nitrogens with one attached hydrogen (secondary N) is 1. The van der Waals surface area contributed by atoms with Crippen molar-refractivity contribution in [1.29, 1.82) is 0 Å². The highest BCUT2D eigenvalue weighted by Crippen LogP contribution is 2.07. The molecule has 0 aromatic carbocycles. The molecule has 0 spiro atoms. The molecular formula is C17H33NO. The first-order chi connectivity index (χ1) is 9.31. The second kappa shape index (κ2) is 15.3. The maximum absolute atomic E-state index is 11.5. The van der Waals surface area contributed by atoms with Crippen LogP contribution in [-0.4, -0.2) is 12.5 Å². The zero-order valence-corrected chi connectivity index (χ0v) is 13.0. The molecule has 0 unspecified atom stereocenters. The molecule has 0 aromatic heterocycles. The van der Waals surface area contributed by atoms with Crippen LogP contribution in [0.4, 0.5) is 0 Å². The standard InChI is InChI=1S/C17H33NO/c1-3-5-7-9-10-11-12-13-15-17(19)18-16-14-8-6-4-2/h13,15H,3-12,14,16H2,1-2H3,(H,18,19). The van der Waals surface area contributed by atoms with Gasteiger partial charge < -0.3 is 5.32 Å². The number of rotatable bonds is 13. The minimum Gasteiger partial charge on any atom is -0.353 e. The van der Waals surface area contributed by atoms with Crippen LogP contribution in [0.2, 0.25) is 0 Å². The van der Waals surface area contributed by atoms with Gasteiger partial charge in [-0.15, -0.1) is 0 Å². The van der Waals surface area contributed by atoms with E-state index in [0.717, 1.165) is 19.4 Å². The Bertz CT molecular complexity index is 223. The van der Waals surface area contributed by atoms with Gasteiger partial charge >= 0.3 is 0 Å². The third kappa shape index (κ3) is 15.2. The van der Waals surface area contributed by atoms with Crippen LogP contribution in [-0.2, 0) is 4.79 Å². The fourth-order valence-corrected chi connectivity index (χ4v) is 2.06. The van der Waals surface area contributed by atoms with Crippen LogP contribution in [0.5, 0.6) is 0 Å². The maximum Gasteiger partial charge on any atom is 0.243 e. The van der Waals surface area contributed by atoms with Crippen molar-refractivity contribution in [1.82, 2.24) is 5.32 Å². The number of carbonyl (C=O) groups excluding carboxylic acids is 1. The third-order valence-electron chi connectivity index (χ3n) is 3.32. The second-order valence-electron chi connectivity index (χ2n) is 5.31. The first-order valence-corrected chi connectivity index (χ1v) is 8.25. The molecule has 0 heterocycles. The Labute approximate surface area is 120 Å². The van der Waals surface area contributed by atoms with Gasteiger partial charge in [-0.05, 0) is 25.3 Å². The van der Waals surface area contributed by atoms with E-state index in [9.17, 15) is 4.79 Å². The smallest absolute Gasteiger partial charge is 0.243 e. The van der Waals surface area contributed by atoms with Crippen LogP contribution < -0.4 is 5.32 Å². The molecule has 1 amide bonds. The summed E-state index contributed by atoms with van der Waals surface area (Å²) in [5, 5.41) is 2.93. The van der Waals surface area contributed by atoms with Crippen LogP contribution >= 0.6 is 0 Å². The minimum atomic E-state index is 0.0717. The highest BCUT2D eigenvalue weighted by atomic mass is 16.1. The van der Waals surface area contributed by atoms with E-state index in [0.29, 0.717) is 0 Å². The number of hydrogen-bond acceptors (Lipinski definition) is 1. The Morgan fingerprint density at radius 2 is 1.42 bits per heavy atom. The lowest BCUT2D eigenvalue weighted by atomic mass is 10.1. The van der Waals surface area contributed by atoms with Crippen LogP contribution in [0.15, 0.2) is 12.2 Å². The van der Waals surface area contributed by atoms with Gasteiger partial charge in [0.05, 0.1) is 0 Å². The second-order valence-corrected chi connectivity index (χ2v) is 5.31. The minimum absolute atomic E-state index is 0.0717. The average molecular weight is 267 g/mol. The summed E-state index contributed by atoms with van der Waals surface area (Å²) in [6.07, 6.45) is 17.5. The molecule has 0 fully saturated rings. The summed E-state index contributed by atoms with van der Waals surface area (Å²) in [5.41, 5.74) is 0. The van der Waals surface area contributed by atoms with E-state index >= 15 is 0 Å². The van der Waals surface area contributed by atoms with E-state index in [2.05, 4.69) is 19.2 Å². The summed E-state index contributed by atoms with van der Waals surface area (Å²) in [4.78, 5) is 11.5. The van der Waals surface area contributed by atoms with Crippen molar-refractivity contribution in [3.63, 3.8) is 0 Å². The van der Waals surface area contributed by atoms with E-state index in [4.69, 9.17) is 0 Å². The molecule has 0 saturated heterocycles. The Morgan fingerprint density at radius 1 is 0.842 bits per heavy atom. The fourth-order valence-electron chi connectivity index (χ4n) is 2.06. The van der Waals surface area contributed by atoms with Crippen molar-refractivity contribution < 1.29 is 4.79 Å². The van der Waals surface area contributed by atoms with Crippen molar-refractivity contribution in [2.24, 2.45) is 0 Å². The lowest BCUT2D eigenvalue weighted by Crippen LogP contribution is -2.21. The molecular weight excluding hydrogens is 234 g/mol. The third-order valence-corrected chi connectivity index (χ3v) is 3.32. The molecule has 1 N–H and O–H groups in total. The number of allylic oxidation sites excluding steroid dienone is 1. The number of unbranched alkanes of at least 4 members (excludes halogenated alkanes) is 9. The Balaban J connectivity index is 3.27. The number of hydrogen-bond donors (Lipinski definition) is 1. The highest BCUT2D eigenvalue weighted by Gasteiger charge is 1.94. The van der Waals surface area contributed by atoms with Crippen molar-refractivity contribution in [2.75, 3.05) is 6.54 Å². The molecule has 2 nitrogen and oxygen atoms in total. The molecule has 0 aliphatic carbocycles. The first-order valence-electron chi connectivity index (χ1n) is 8.25. The van der Waals surface area contributed by atoms with E-state index < -0.39 is 0 Å². The van der Waals surface area contributed by atoms with E-state index in [1.54, 1.807) is 6.08 Å². The van der Waals surface area contributed by atoms with Crippen molar-refractivity contribution in [3.8, 4) is 0 Å². The number of carbonyl (C=O) groups is 1. The SMILES string of the molecule is CCCCCCCCC=CC(=O)NCCCCCC. The van der Waals surface area contributed by atoms with Gasteiger partial charge in [-0.3, -0.25) is 4.79 Å². The summed E-state index contributed by atoms with van der Waals surface area (Å²) in [6.45, 7) is 5.26. The van der Waals surface area contributed by atoms with Crippen molar-refractivity contribution >= 4 is 5.91 Å². The molecule has 2 heteroatoms. The molecule has 0 rings (SSSR count). The molecule has 19 heavy (non-hydrogen) atoms. The monoisotopic (exact) mass is 267 g/mol. The van der Waals surface area contributed by atoms with Gasteiger partial charge in [0, 0.05) is 6.54 Å². The molecule has 0 bridgehead atoms. The van der Waals surface area contributed by atoms with Crippen molar-refractivity contribution in [2.45, 2.75) is 84.5 Å². The molecule has 0 saturated carbocycles. The molecule has 0 atom stereocenters. The fraction of sp³-hybridized carbons (Fsp3) is 0.824. The maximum atomic E-state index is 11.5. The summed E-state index contributed by atoms with van der Waals surface area (Å²) in [7, 11) is 0. The number of amides is 1. The topological polar surface area (TPSA) is 29.1 Å². The van der Waals surface area contributed by atoms with Gasteiger partial charge in [0.15, 0.2) is 0 Å². The zero-order valence-electron chi connectivity index (χ0n) is 13.0. The van der Waals surface area contributed by atoms with Crippen LogP contribution in [0.25, 0.3) is 0 Å². The van der Waals surface area contributed by atoms with Gasteiger partial charge in [-0.2, -0.15) is 0 Å². The van der Waals surface area contributed by atoms with Crippen molar-refractivity contribution in [3.05, 3.63) is 12.2 Å².